The fourth-order valence-electron chi connectivity index (χ4n) is 4.50. The van der Waals surface area contributed by atoms with Crippen molar-refractivity contribution in [1.29, 1.82) is 0 Å². The van der Waals surface area contributed by atoms with Crippen LogP contribution in [0.25, 0.3) is 11.4 Å². The van der Waals surface area contributed by atoms with E-state index in [1.807, 2.05) is 24.4 Å². The van der Waals surface area contributed by atoms with Gasteiger partial charge in [0.2, 0.25) is 0 Å². The highest BCUT2D eigenvalue weighted by Crippen LogP contribution is 2.33. The Labute approximate surface area is 167 Å². The summed E-state index contributed by atoms with van der Waals surface area (Å²) in [5.41, 5.74) is 2.88. The van der Waals surface area contributed by atoms with Crippen LogP contribution in [0.15, 0.2) is 30.5 Å². The van der Waals surface area contributed by atoms with Crippen molar-refractivity contribution in [2.24, 2.45) is 0 Å². The highest BCUT2D eigenvalue weighted by molar-refractivity contribution is 5.74. The highest BCUT2D eigenvalue weighted by atomic mass is 16.2. The molecule has 2 aromatic heterocycles. The maximum atomic E-state index is 12.3. The summed E-state index contributed by atoms with van der Waals surface area (Å²) in [4.78, 5) is 16.9. The van der Waals surface area contributed by atoms with E-state index in [-0.39, 0.29) is 6.03 Å². The molecule has 0 spiro atoms. The molecule has 2 aliphatic rings. The summed E-state index contributed by atoms with van der Waals surface area (Å²) in [5, 5.41) is 11.0. The van der Waals surface area contributed by atoms with Crippen molar-refractivity contribution in [3.8, 4) is 11.4 Å². The molecule has 4 rings (SSSR count). The van der Waals surface area contributed by atoms with E-state index in [1.165, 1.54) is 38.5 Å². The van der Waals surface area contributed by atoms with Crippen molar-refractivity contribution >= 4 is 6.03 Å². The van der Waals surface area contributed by atoms with E-state index in [0.29, 0.717) is 18.6 Å². The van der Waals surface area contributed by atoms with Crippen molar-refractivity contribution in [3.05, 3.63) is 36.2 Å². The fourth-order valence-corrected chi connectivity index (χ4v) is 4.50. The molecule has 6 nitrogen and oxygen atoms in total. The third-order valence-electron chi connectivity index (χ3n) is 6.00. The second kappa shape index (κ2) is 9.22. The summed E-state index contributed by atoms with van der Waals surface area (Å²) in [5.74, 6) is 0. The Bertz CT molecular complexity index is 758. The van der Waals surface area contributed by atoms with Gasteiger partial charge in [-0.05, 0) is 43.9 Å². The lowest BCUT2D eigenvalue weighted by atomic mass is 10.1. The standard InChI is InChI=1S/C22H31N5O/c28-22(25-17-9-3-1-2-4-10-17)24-16-18-15-21(20-13-7-8-14-23-20)27(26-18)19-11-5-6-12-19/h7-8,13-15,17,19H,1-6,9-12,16H2,(H2,24,25,28). The molecule has 0 atom stereocenters. The van der Waals surface area contributed by atoms with Crippen molar-refractivity contribution in [1.82, 2.24) is 25.4 Å². The van der Waals surface area contributed by atoms with Gasteiger partial charge in [0.1, 0.15) is 0 Å². The van der Waals surface area contributed by atoms with Crippen LogP contribution in [0.2, 0.25) is 0 Å². The summed E-state index contributed by atoms with van der Waals surface area (Å²) in [7, 11) is 0. The summed E-state index contributed by atoms with van der Waals surface area (Å²) in [6, 6.07) is 8.70. The van der Waals surface area contributed by atoms with Gasteiger partial charge in [-0.3, -0.25) is 9.67 Å². The Morgan fingerprint density at radius 2 is 1.79 bits per heavy atom. The van der Waals surface area contributed by atoms with E-state index in [2.05, 4.69) is 26.4 Å². The Kier molecular flexibility index (Phi) is 6.24. The van der Waals surface area contributed by atoms with Crippen LogP contribution in [0.3, 0.4) is 0 Å². The Morgan fingerprint density at radius 3 is 2.50 bits per heavy atom. The van der Waals surface area contributed by atoms with Crippen LogP contribution in [0.5, 0.6) is 0 Å². The largest absolute Gasteiger partial charge is 0.335 e. The zero-order valence-corrected chi connectivity index (χ0v) is 16.6. The molecule has 0 aliphatic heterocycles. The molecule has 28 heavy (non-hydrogen) atoms. The van der Waals surface area contributed by atoms with Gasteiger partial charge in [-0.25, -0.2) is 4.79 Å². The molecule has 0 bridgehead atoms. The molecule has 0 aromatic carbocycles. The quantitative estimate of drug-likeness (QED) is 0.745. The van der Waals surface area contributed by atoms with Gasteiger partial charge >= 0.3 is 6.03 Å². The summed E-state index contributed by atoms with van der Waals surface area (Å²) < 4.78 is 2.13. The molecule has 2 heterocycles. The minimum Gasteiger partial charge on any atom is -0.335 e. The first-order chi connectivity index (χ1) is 13.8. The SMILES string of the molecule is O=C(NCc1cc(-c2ccccn2)n(C2CCCC2)n1)NC1CCCCCC1. The maximum Gasteiger partial charge on any atom is 0.315 e. The van der Waals surface area contributed by atoms with Crippen LogP contribution in [0.4, 0.5) is 4.79 Å². The average Bonchev–Trinajstić information content (AvgIpc) is 3.33. The third-order valence-corrected chi connectivity index (χ3v) is 6.00. The van der Waals surface area contributed by atoms with Crippen LogP contribution in [0, 0.1) is 0 Å². The summed E-state index contributed by atoms with van der Waals surface area (Å²) >= 11 is 0. The molecule has 150 valence electrons. The van der Waals surface area contributed by atoms with Gasteiger partial charge in [-0.2, -0.15) is 5.10 Å². The number of nitrogens with one attached hydrogen (secondary N) is 2. The number of aromatic nitrogens is 3. The van der Waals surface area contributed by atoms with Gasteiger partial charge in [0, 0.05) is 12.2 Å². The summed E-state index contributed by atoms with van der Waals surface area (Å²) in [6.07, 6.45) is 13.8. The van der Waals surface area contributed by atoms with Gasteiger partial charge < -0.3 is 10.6 Å². The van der Waals surface area contributed by atoms with E-state index >= 15 is 0 Å². The topological polar surface area (TPSA) is 71.8 Å². The fraction of sp³-hybridized carbons (Fsp3) is 0.591. The smallest absolute Gasteiger partial charge is 0.315 e. The number of carbonyl (C=O) groups excluding carboxylic acids is 1. The van der Waals surface area contributed by atoms with Gasteiger partial charge in [-0.1, -0.05) is 44.6 Å². The van der Waals surface area contributed by atoms with Crippen LogP contribution < -0.4 is 10.6 Å². The molecule has 6 heteroatoms. The summed E-state index contributed by atoms with van der Waals surface area (Å²) in [6.45, 7) is 0.443. The third kappa shape index (κ3) is 4.72. The second-order valence-corrected chi connectivity index (χ2v) is 8.13. The van der Waals surface area contributed by atoms with Crippen LogP contribution in [0.1, 0.15) is 75.9 Å². The highest BCUT2D eigenvalue weighted by Gasteiger charge is 2.22. The lowest BCUT2D eigenvalue weighted by Gasteiger charge is -2.16. The molecule has 2 N–H and O–H groups in total. The van der Waals surface area contributed by atoms with Crippen molar-refractivity contribution < 1.29 is 4.79 Å². The zero-order chi connectivity index (χ0) is 19.2. The Hall–Kier alpha value is -2.37. The van der Waals surface area contributed by atoms with Crippen LogP contribution in [-0.2, 0) is 6.54 Å². The molecule has 2 aliphatic carbocycles. The number of carbonyl (C=O) groups is 1. The van der Waals surface area contributed by atoms with Crippen LogP contribution in [-0.4, -0.2) is 26.8 Å². The first kappa shape index (κ1) is 19.0. The normalized spacial score (nSPS) is 18.7. The number of pyridine rings is 1. The number of hydrogen-bond donors (Lipinski definition) is 2. The van der Waals surface area contributed by atoms with E-state index in [1.54, 1.807) is 0 Å². The van der Waals surface area contributed by atoms with E-state index < -0.39 is 0 Å². The first-order valence-electron chi connectivity index (χ1n) is 10.8. The number of nitrogens with zero attached hydrogens (tertiary/aromatic N) is 3. The maximum absolute atomic E-state index is 12.3. The zero-order valence-electron chi connectivity index (χ0n) is 16.6. The van der Waals surface area contributed by atoms with Gasteiger partial charge in [0.15, 0.2) is 0 Å². The molecule has 2 aromatic rings. The van der Waals surface area contributed by atoms with Crippen molar-refractivity contribution in [2.45, 2.75) is 82.8 Å². The van der Waals surface area contributed by atoms with E-state index in [4.69, 9.17) is 5.10 Å². The van der Waals surface area contributed by atoms with Gasteiger partial charge in [0.25, 0.3) is 0 Å². The molecule has 0 unspecified atom stereocenters. The molecular weight excluding hydrogens is 350 g/mol. The lowest BCUT2D eigenvalue weighted by molar-refractivity contribution is 0.235. The predicted molar refractivity (Wildman–Crippen MR) is 110 cm³/mol. The first-order valence-corrected chi connectivity index (χ1v) is 10.8. The predicted octanol–water partition coefficient (Wildman–Crippen LogP) is 4.58. The Balaban J connectivity index is 1.42. The lowest BCUT2D eigenvalue weighted by Crippen LogP contribution is -2.41. The van der Waals surface area contributed by atoms with E-state index in [9.17, 15) is 4.79 Å². The molecule has 2 fully saturated rings. The molecule has 2 amide bonds. The minimum absolute atomic E-state index is 0.0818. The van der Waals surface area contributed by atoms with Gasteiger partial charge in [-0.15, -0.1) is 0 Å². The van der Waals surface area contributed by atoms with Crippen molar-refractivity contribution in [3.63, 3.8) is 0 Å². The minimum atomic E-state index is -0.0818. The van der Waals surface area contributed by atoms with Crippen molar-refractivity contribution in [2.75, 3.05) is 0 Å². The van der Waals surface area contributed by atoms with Crippen LogP contribution >= 0.6 is 0 Å². The van der Waals surface area contributed by atoms with Gasteiger partial charge in [0.05, 0.1) is 29.7 Å². The number of amides is 2. The Morgan fingerprint density at radius 1 is 1.04 bits per heavy atom. The number of rotatable bonds is 5. The number of urea groups is 1. The average molecular weight is 382 g/mol. The molecule has 2 saturated carbocycles. The molecule has 0 radical (unpaired) electrons. The molecule has 0 saturated heterocycles. The second-order valence-electron chi connectivity index (χ2n) is 8.13. The molecular formula is C22H31N5O. The monoisotopic (exact) mass is 381 g/mol. The van der Waals surface area contributed by atoms with E-state index in [0.717, 1.165) is 42.8 Å². The number of hydrogen-bond acceptors (Lipinski definition) is 3.